The van der Waals surface area contributed by atoms with Crippen LogP contribution in [0.1, 0.15) is 30.7 Å². The highest BCUT2D eigenvalue weighted by atomic mass is 16.4. The molecule has 142 valence electrons. The number of urea groups is 1. The molecule has 2 heterocycles. The number of aromatic nitrogens is 2. The molecule has 1 aliphatic carbocycles. The molecule has 0 spiro atoms. The molecular weight excluding hydrogens is 344 g/mol. The van der Waals surface area contributed by atoms with E-state index in [2.05, 4.69) is 10.4 Å². The van der Waals surface area contributed by atoms with Crippen LogP contribution < -0.4 is 5.32 Å². The second-order valence-corrected chi connectivity index (χ2v) is 7.75. The van der Waals surface area contributed by atoms with E-state index in [-0.39, 0.29) is 18.5 Å². The number of aryl methyl sites for hydroxylation is 2. The van der Waals surface area contributed by atoms with E-state index >= 15 is 0 Å². The Morgan fingerprint density at radius 3 is 2.78 bits per heavy atom. The first-order valence-corrected chi connectivity index (χ1v) is 9.32. The molecule has 1 aromatic heterocycles. The van der Waals surface area contributed by atoms with Crippen LogP contribution in [-0.4, -0.2) is 44.9 Å². The lowest BCUT2D eigenvalue weighted by Gasteiger charge is -2.23. The quantitative estimate of drug-likeness (QED) is 0.871. The maximum Gasteiger partial charge on any atom is 0.321 e. The average molecular weight is 368 g/mol. The van der Waals surface area contributed by atoms with Gasteiger partial charge in [0.05, 0.1) is 16.8 Å². The molecule has 7 nitrogen and oxygen atoms in total. The number of nitrogens with one attached hydrogen (secondary N) is 1. The van der Waals surface area contributed by atoms with Crippen LogP contribution in [0, 0.1) is 25.2 Å². The topological polar surface area (TPSA) is 87.5 Å². The molecule has 0 bridgehead atoms. The standard InChI is InChI=1S/C20H24N4O3/c1-13-9-14(2)24(22-13)17-7-3-6-16(10-17)21-19(27)23-11-15-5-4-8-20(15,12-23)18(25)26/h3,6-7,9-10,15H,4-5,8,11-12H2,1-2H3,(H,21,27)(H,25,26)/t15-,20+/m0/s1. The smallest absolute Gasteiger partial charge is 0.321 e. The van der Waals surface area contributed by atoms with Gasteiger partial charge in [-0.25, -0.2) is 9.48 Å². The van der Waals surface area contributed by atoms with E-state index in [1.54, 1.807) is 4.90 Å². The summed E-state index contributed by atoms with van der Waals surface area (Å²) in [4.78, 5) is 26.2. The van der Waals surface area contributed by atoms with Gasteiger partial charge in [0.2, 0.25) is 0 Å². The van der Waals surface area contributed by atoms with Gasteiger partial charge in [0.1, 0.15) is 0 Å². The highest BCUT2D eigenvalue weighted by molar-refractivity contribution is 5.91. The van der Waals surface area contributed by atoms with Crippen molar-refractivity contribution in [2.45, 2.75) is 33.1 Å². The molecule has 1 aliphatic heterocycles. The Balaban J connectivity index is 1.50. The van der Waals surface area contributed by atoms with Crippen molar-refractivity contribution in [3.05, 3.63) is 41.7 Å². The Hall–Kier alpha value is -2.83. The summed E-state index contributed by atoms with van der Waals surface area (Å²) in [6, 6.07) is 9.28. The van der Waals surface area contributed by atoms with Gasteiger partial charge in [-0.3, -0.25) is 4.79 Å². The highest BCUT2D eigenvalue weighted by Crippen LogP contribution is 2.48. The van der Waals surface area contributed by atoms with Crippen LogP contribution >= 0.6 is 0 Å². The van der Waals surface area contributed by atoms with Gasteiger partial charge >= 0.3 is 12.0 Å². The fraction of sp³-hybridized carbons (Fsp3) is 0.450. The number of carbonyl (C=O) groups is 2. The summed E-state index contributed by atoms with van der Waals surface area (Å²) < 4.78 is 1.84. The van der Waals surface area contributed by atoms with Crippen LogP contribution in [0.25, 0.3) is 5.69 Å². The third-order valence-corrected chi connectivity index (χ3v) is 5.94. The SMILES string of the molecule is Cc1cc(C)n(-c2cccc(NC(=O)N3C[C@@H]4CCC[C@@]4(C(=O)O)C3)c2)n1. The van der Waals surface area contributed by atoms with Gasteiger partial charge in [0, 0.05) is 24.5 Å². The van der Waals surface area contributed by atoms with Crippen molar-refractivity contribution < 1.29 is 14.7 Å². The van der Waals surface area contributed by atoms with Gasteiger partial charge in [-0.1, -0.05) is 12.5 Å². The van der Waals surface area contributed by atoms with Crippen molar-refractivity contribution in [1.82, 2.24) is 14.7 Å². The fourth-order valence-corrected chi connectivity index (χ4v) is 4.60. The van der Waals surface area contributed by atoms with Gasteiger partial charge in [0.15, 0.2) is 0 Å². The molecule has 1 saturated carbocycles. The lowest BCUT2D eigenvalue weighted by molar-refractivity contribution is -0.149. The van der Waals surface area contributed by atoms with E-state index in [1.165, 1.54) is 0 Å². The van der Waals surface area contributed by atoms with E-state index < -0.39 is 11.4 Å². The second-order valence-electron chi connectivity index (χ2n) is 7.75. The number of fused-ring (bicyclic) bond motifs is 1. The van der Waals surface area contributed by atoms with Gasteiger partial charge in [-0.2, -0.15) is 5.10 Å². The number of rotatable bonds is 3. The van der Waals surface area contributed by atoms with E-state index in [9.17, 15) is 14.7 Å². The zero-order valence-electron chi connectivity index (χ0n) is 15.6. The number of benzene rings is 1. The maximum atomic E-state index is 12.7. The van der Waals surface area contributed by atoms with Crippen LogP contribution in [0.5, 0.6) is 0 Å². The van der Waals surface area contributed by atoms with Crippen LogP contribution in [-0.2, 0) is 4.79 Å². The van der Waals surface area contributed by atoms with E-state index in [0.717, 1.165) is 29.9 Å². The number of carbonyl (C=O) groups excluding carboxylic acids is 1. The molecule has 0 radical (unpaired) electrons. The summed E-state index contributed by atoms with van der Waals surface area (Å²) in [5, 5.41) is 17.1. The molecule has 2 aliphatic rings. The number of hydrogen-bond donors (Lipinski definition) is 2. The van der Waals surface area contributed by atoms with Crippen LogP contribution in [0.2, 0.25) is 0 Å². The van der Waals surface area contributed by atoms with E-state index in [4.69, 9.17) is 0 Å². The Labute approximate surface area is 158 Å². The predicted molar refractivity (Wildman–Crippen MR) is 101 cm³/mol. The summed E-state index contributed by atoms with van der Waals surface area (Å²) >= 11 is 0. The number of nitrogens with zero attached hydrogens (tertiary/aromatic N) is 3. The number of carboxylic acid groups (broad SMARTS) is 1. The maximum absolute atomic E-state index is 12.7. The Morgan fingerprint density at radius 1 is 1.30 bits per heavy atom. The van der Waals surface area contributed by atoms with Gasteiger partial charge in [0.25, 0.3) is 0 Å². The van der Waals surface area contributed by atoms with Crippen molar-refractivity contribution >= 4 is 17.7 Å². The third-order valence-electron chi connectivity index (χ3n) is 5.94. The van der Waals surface area contributed by atoms with Crippen LogP contribution in [0.4, 0.5) is 10.5 Å². The van der Waals surface area contributed by atoms with E-state index in [1.807, 2.05) is 48.9 Å². The molecule has 2 amide bonds. The molecule has 2 aromatic rings. The Morgan fingerprint density at radius 2 is 2.11 bits per heavy atom. The summed E-state index contributed by atoms with van der Waals surface area (Å²) in [5.74, 6) is -0.714. The molecule has 1 aromatic carbocycles. The number of anilines is 1. The Bertz CT molecular complexity index is 906. The van der Waals surface area contributed by atoms with Crippen molar-refractivity contribution in [2.24, 2.45) is 11.3 Å². The first-order valence-electron chi connectivity index (χ1n) is 9.32. The molecule has 2 N–H and O–H groups in total. The number of hydrogen-bond acceptors (Lipinski definition) is 3. The van der Waals surface area contributed by atoms with Crippen molar-refractivity contribution in [1.29, 1.82) is 0 Å². The van der Waals surface area contributed by atoms with Gasteiger partial charge in [-0.15, -0.1) is 0 Å². The van der Waals surface area contributed by atoms with E-state index in [0.29, 0.717) is 18.7 Å². The highest BCUT2D eigenvalue weighted by Gasteiger charge is 2.55. The van der Waals surface area contributed by atoms with Crippen molar-refractivity contribution in [3.8, 4) is 5.69 Å². The molecule has 7 heteroatoms. The summed E-state index contributed by atoms with van der Waals surface area (Å²) in [7, 11) is 0. The zero-order chi connectivity index (χ0) is 19.2. The second kappa shape index (κ2) is 6.40. The number of likely N-dealkylation sites (tertiary alicyclic amines) is 1. The summed E-state index contributed by atoms with van der Waals surface area (Å²) in [5.41, 5.74) is 2.74. The minimum atomic E-state index is -0.771. The van der Waals surface area contributed by atoms with Crippen LogP contribution in [0.15, 0.2) is 30.3 Å². The third kappa shape index (κ3) is 2.97. The predicted octanol–water partition coefficient (Wildman–Crippen LogP) is 3.21. The van der Waals surface area contributed by atoms with Crippen LogP contribution in [0.3, 0.4) is 0 Å². The monoisotopic (exact) mass is 368 g/mol. The minimum Gasteiger partial charge on any atom is -0.481 e. The first-order chi connectivity index (χ1) is 12.9. The van der Waals surface area contributed by atoms with Gasteiger partial charge in [-0.05, 0) is 56.9 Å². The number of amides is 2. The summed E-state index contributed by atoms with van der Waals surface area (Å²) in [6.07, 6.45) is 2.46. The lowest BCUT2D eigenvalue weighted by Crippen LogP contribution is -2.38. The molecule has 4 rings (SSSR count). The molecule has 2 atom stereocenters. The Kier molecular flexibility index (Phi) is 4.17. The average Bonchev–Trinajstić information content (AvgIpc) is 3.27. The minimum absolute atomic E-state index is 0.0572. The number of carboxylic acids is 1. The van der Waals surface area contributed by atoms with Gasteiger partial charge < -0.3 is 15.3 Å². The molecule has 27 heavy (non-hydrogen) atoms. The van der Waals surface area contributed by atoms with Crippen molar-refractivity contribution in [3.63, 3.8) is 0 Å². The molecular formula is C20H24N4O3. The largest absolute Gasteiger partial charge is 0.481 e. The first kappa shape index (κ1) is 17.6. The zero-order valence-corrected chi connectivity index (χ0v) is 15.6. The lowest BCUT2D eigenvalue weighted by atomic mass is 9.81. The molecule has 1 saturated heterocycles. The fourth-order valence-electron chi connectivity index (χ4n) is 4.60. The summed E-state index contributed by atoms with van der Waals surface area (Å²) in [6.45, 7) is 4.72. The number of aliphatic carboxylic acids is 1. The normalized spacial score (nSPS) is 24.1. The molecule has 2 fully saturated rings. The molecule has 0 unspecified atom stereocenters. The van der Waals surface area contributed by atoms with Crippen molar-refractivity contribution in [2.75, 3.05) is 18.4 Å².